The normalized spacial score (nSPS) is 11.6. The van der Waals surface area contributed by atoms with E-state index in [1.807, 2.05) is 6.92 Å². The highest BCUT2D eigenvalue weighted by Crippen LogP contribution is 2.12. The number of amides is 1. The van der Waals surface area contributed by atoms with Crippen LogP contribution in [0.5, 0.6) is 5.75 Å². The lowest BCUT2D eigenvalue weighted by Gasteiger charge is -2.17. The van der Waals surface area contributed by atoms with Crippen LogP contribution in [-0.2, 0) is 16.0 Å². The summed E-state index contributed by atoms with van der Waals surface area (Å²) in [6, 6.07) is 9.02. The molecule has 1 heterocycles. The Morgan fingerprint density at radius 2 is 1.92 bits per heavy atom. The molecule has 6 heteroatoms. The molecule has 2 N–H and O–H groups in total. The number of ether oxygens (including phenoxy) is 1. The van der Waals surface area contributed by atoms with Gasteiger partial charge in [0, 0.05) is 18.3 Å². The zero-order valence-corrected chi connectivity index (χ0v) is 13.7. The van der Waals surface area contributed by atoms with Gasteiger partial charge in [-0.1, -0.05) is 12.1 Å². The fourth-order valence-corrected chi connectivity index (χ4v) is 2.15. The van der Waals surface area contributed by atoms with E-state index in [1.165, 1.54) is 18.3 Å². The average Bonchev–Trinajstić information content (AvgIpc) is 2.57. The highest BCUT2D eigenvalue weighted by Gasteiger charge is 2.23. The molecule has 1 amide bonds. The van der Waals surface area contributed by atoms with Gasteiger partial charge < -0.3 is 15.2 Å². The van der Waals surface area contributed by atoms with Crippen LogP contribution in [0, 0.1) is 6.92 Å². The van der Waals surface area contributed by atoms with Crippen LogP contribution in [0.3, 0.4) is 0 Å². The van der Waals surface area contributed by atoms with E-state index in [4.69, 9.17) is 4.74 Å². The number of benzene rings is 1. The summed E-state index contributed by atoms with van der Waals surface area (Å²) in [7, 11) is 0. The first-order chi connectivity index (χ1) is 11.5. The van der Waals surface area contributed by atoms with Gasteiger partial charge in [-0.2, -0.15) is 0 Å². The smallest absolute Gasteiger partial charge is 0.328 e. The van der Waals surface area contributed by atoms with Crippen molar-refractivity contribution >= 4 is 11.9 Å². The van der Waals surface area contributed by atoms with Gasteiger partial charge in [-0.3, -0.25) is 9.78 Å². The summed E-state index contributed by atoms with van der Waals surface area (Å²) in [5.74, 6) is -0.750. The molecule has 0 aliphatic rings. The molecule has 2 rings (SSSR count). The van der Waals surface area contributed by atoms with Crippen LogP contribution in [0.4, 0.5) is 0 Å². The SMILES string of the molecule is CCOC(=O)[C@H](Cc1ccc(O)cc1)NC(=O)c1ccc(C)nc1. The Kier molecular flexibility index (Phi) is 5.89. The number of hydrogen-bond donors (Lipinski definition) is 2. The second-order valence-electron chi connectivity index (χ2n) is 5.34. The summed E-state index contributed by atoms with van der Waals surface area (Å²) in [6.07, 6.45) is 1.73. The first-order valence-electron chi connectivity index (χ1n) is 7.67. The van der Waals surface area contributed by atoms with E-state index in [1.54, 1.807) is 31.2 Å². The lowest BCUT2D eigenvalue weighted by Crippen LogP contribution is -2.43. The highest BCUT2D eigenvalue weighted by molar-refractivity contribution is 5.96. The third-order valence-electron chi connectivity index (χ3n) is 3.43. The van der Waals surface area contributed by atoms with Crippen molar-refractivity contribution in [3.63, 3.8) is 0 Å². The first kappa shape index (κ1) is 17.5. The van der Waals surface area contributed by atoms with Crippen molar-refractivity contribution in [3.05, 3.63) is 59.4 Å². The maximum absolute atomic E-state index is 12.3. The molecule has 0 unspecified atom stereocenters. The molecular weight excluding hydrogens is 308 g/mol. The van der Waals surface area contributed by atoms with Crippen LogP contribution in [0.1, 0.15) is 28.5 Å². The number of carbonyl (C=O) groups excluding carboxylic acids is 2. The molecule has 0 saturated carbocycles. The number of carbonyl (C=O) groups is 2. The molecule has 1 aromatic carbocycles. The lowest BCUT2D eigenvalue weighted by atomic mass is 10.1. The maximum Gasteiger partial charge on any atom is 0.328 e. The van der Waals surface area contributed by atoms with Crippen molar-refractivity contribution in [2.24, 2.45) is 0 Å². The molecule has 1 atom stereocenters. The Labute approximate surface area is 140 Å². The lowest BCUT2D eigenvalue weighted by molar-refractivity contribution is -0.145. The van der Waals surface area contributed by atoms with E-state index in [9.17, 15) is 14.7 Å². The summed E-state index contributed by atoms with van der Waals surface area (Å²) in [4.78, 5) is 28.5. The molecule has 24 heavy (non-hydrogen) atoms. The van der Waals surface area contributed by atoms with Crippen molar-refractivity contribution in [3.8, 4) is 5.75 Å². The van der Waals surface area contributed by atoms with Crippen LogP contribution < -0.4 is 5.32 Å². The van der Waals surface area contributed by atoms with Crippen molar-refractivity contribution in [2.45, 2.75) is 26.3 Å². The maximum atomic E-state index is 12.3. The van der Waals surface area contributed by atoms with Gasteiger partial charge in [0.15, 0.2) is 0 Å². The van der Waals surface area contributed by atoms with Gasteiger partial charge in [0.25, 0.3) is 5.91 Å². The molecule has 6 nitrogen and oxygen atoms in total. The number of nitrogens with zero attached hydrogens (tertiary/aromatic N) is 1. The van der Waals surface area contributed by atoms with E-state index >= 15 is 0 Å². The Balaban J connectivity index is 2.13. The number of phenols is 1. The van der Waals surface area contributed by atoms with Crippen LogP contribution >= 0.6 is 0 Å². The van der Waals surface area contributed by atoms with E-state index in [2.05, 4.69) is 10.3 Å². The Hall–Kier alpha value is -2.89. The molecule has 0 bridgehead atoms. The average molecular weight is 328 g/mol. The minimum atomic E-state index is -0.816. The number of aromatic hydroxyl groups is 1. The Morgan fingerprint density at radius 3 is 2.50 bits per heavy atom. The minimum Gasteiger partial charge on any atom is -0.508 e. The zero-order valence-electron chi connectivity index (χ0n) is 13.7. The second kappa shape index (κ2) is 8.10. The summed E-state index contributed by atoms with van der Waals surface area (Å²) >= 11 is 0. The number of pyridine rings is 1. The number of rotatable bonds is 6. The van der Waals surface area contributed by atoms with Crippen LogP contribution in [0.25, 0.3) is 0 Å². The third kappa shape index (κ3) is 4.81. The molecule has 126 valence electrons. The van der Waals surface area contributed by atoms with Gasteiger partial charge in [-0.15, -0.1) is 0 Å². The quantitative estimate of drug-likeness (QED) is 0.792. The second-order valence-corrected chi connectivity index (χ2v) is 5.34. The predicted octanol–water partition coefficient (Wildman–Crippen LogP) is 2.00. The molecule has 0 aliphatic heterocycles. The Bertz CT molecular complexity index is 696. The number of esters is 1. The number of nitrogens with one attached hydrogen (secondary N) is 1. The van der Waals surface area contributed by atoms with Crippen LogP contribution in [-0.4, -0.2) is 34.6 Å². The fourth-order valence-electron chi connectivity index (χ4n) is 2.15. The standard InChI is InChI=1S/C18H20N2O4/c1-3-24-18(23)16(10-13-5-8-15(21)9-6-13)20-17(22)14-7-4-12(2)19-11-14/h4-9,11,16,21H,3,10H2,1-2H3,(H,20,22)/t16-/m0/s1. The highest BCUT2D eigenvalue weighted by atomic mass is 16.5. The van der Waals surface area contributed by atoms with Gasteiger partial charge in [0.2, 0.25) is 0 Å². The largest absolute Gasteiger partial charge is 0.508 e. The van der Waals surface area contributed by atoms with Crippen molar-refractivity contribution in [2.75, 3.05) is 6.61 Å². The molecule has 0 fully saturated rings. The van der Waals surface area contributed by atoms with Crippen molar-refractivity contribution < 1.29 is 19.4 Å². The molecule has 0 spiro atoms. The fraction of sp³-hybridized carbons (Fsp3) is 0.278. The summed E-state index contributed by atoms with van der Waals surface area (Å²) in [5.41, 5.74) is 1.98. The summed E-state index contributed by atoms with van der Waals surface area (Å²) in [6.45, 7) is 3.77. The van der Waals surface area contributed by atoms with Crippen molar-refractivity contribution in [1.29, 1.82) is 0 Å². The van der Waals surface area contributed by atoms with Crippen molar-refractivity contribution in [1.82, 2.24) is 10.3 Å². The number of hydrogen-bond acceptors (Lipinski definition) is 5. The molecule has 2 aromatic rings. The summed E-state index contributed by atoms with van der Waals surface area (Å²) in [5, 5.41) is 12.0. The number of phenolic OH excluding ortho intramolecular Hbond substituents is 1. The van der Waals surface area contributed by atoms with E-state index in [0.29, 0.717) is 5.56 Å². The molecule has 0 radical (unpaired) electrons. The monoisotopic (exact) mass is 328 g/mol. The van der Waals surface area contributed by atoms with Gasteiger partial charge in [0.1, 0.15) is 11.8 Å². The van der Waals surface area contributed by atoms with Gasteiger partial charge in [0.05, 0.1) is 12.2 Å². The van der Waals surface area contributed by atoms with E-state index in [0.717, 1.165) is 11.3 Å². The minimum absolute atomic E-state index is 0.140. The zero-order chi connectivity index (χ0) is 17.5. The third-order valence-corrected chi connectivity index (χ3v) is 3.43. The van der Waals surface area contributed by atoms with Crippen LogP contribution in [0.15, 0.2) is 42.6 Å². The molecular formula is C18H20N2O4. The van der Waals surface area contributed by atoms with Crippen LogP contribution in [0.2, 0.25) is 0 Å². The van der Waals surface area contributed by atoms with E-state index in [-0.39, 0.29) is 24.7 Å². The number of aryl methyl sites for hydroxylation is 1. The first-order valence-corrected chi connectivity index (χ1v) is 7.67. The van der Waals surface area contributed by atoms with Gasteiger partial charge >= 0.3 is 5.97 Å². The molecule has 1 aromatic heterocycles. The topological polar surface area (TPSA) is 88.5 Å². The van der Waals surface area contributed by atoms with Gasteiger partial charge in [-0.25, -0.2) is 4.79 Å². The van der Waals surface area contributed by atoms with Gasteiger partial charge in [-0.05, 0) is 43.7 Å². The number of aromatic nitrogens is 1. The Morgan fingerprint density at radius 1 is 1.21 bits per heavy atom. The predicted molar refractivity (Wildman–Crippen MR) is 88.7 cm³/mol. The summed E-state index contributed by atoms with van der Waals surface area (Å²) < 4.78 is 5.04. The van der Waals surface area contributed by atoms with E-state index < -0.39 is 12.0 Å². The molecule has 0 aliphatic carbocycles. The molecule has 0 saturated heterocycles.